The van der Waals surface area contributed by atoms with Crippen LogP contribution in [0.2, 0.25) is 0 Å². The second kappa shape index (κ2) is 21.0. The van der Waals surface area contributed by atoms with Crippen molar-refractivity contribution in [2.75, 3.05) is 31.7 Å². The summed E-state index contributed by atoms with van der Waals surface area (Å²) >= 11 is 0. The molecular weight excluding hydrogens is 513 g/mol. The lowest BCUT2D eigenvalue weighted by atomic mass is 10.0. The van der Waals surface area contributed by atoms with Gasteiger partial charge in [0, 0.05) is 19.8 Å². The van der Waals surface area contributed by atoms with Crippen LogP contribution < -0.4 is 5.73 Å². The largest absolute Gasteiger partial charge is 0.382 e. The van der Waals surface area contributed by atoms with Crippen LogP contribution in [-0.2, 0) is 20.4 Å². The number of aromatic nitrogens is 4. The highest BCUT2D eigenvalue weighted by Gasteiger charge is 2.17. The molecule has 0 amide bonds. The van der Waals surface area contributed by atoms with Crippen LogP contribution in [-0.4, -0.2) is 50.4 Å². The number of anilines is 1. The fourth-order valence-electron chi connectivity index (χ4n) is 4.51. The van der Waals surface area contributed by atoms with Gasteiger partial charge in [-0.05, 0) is 19.3 Å². The Morgan fingerprint density at radius 1 is 0.846 bits per heavy atom. The van der Waals surface area contributed by atoms with Crippen molar-refractivity contribution in [1.29, 1.82) is 0 Å². The van der Waals surface area contributed by atoms with E-state index in [4.69, 9.17) is 15.0 Å². The van der Waals surface area contributed by atoms with Crippen molar-refractivity contribution in [2.24, 2.45) is 0 Å². The fourth-order valence-corrected chi connectivity index (χ4v) is 5.53. The first-order valence-corrected chi connectivity index (χ1v) is 16.9. The van der Waals surface area contributed by atoms with Crippen LogP contribution in [0.4, 0.5) is 5.82 Å². The number of fused-ring (bicyclic) bond motifs is 1. The molecule has 9 nitrogen and oxygen atoms in total. The first-order chi connectivity index (χ1) is 19.0. The molecule has 2 aromatic rings. The minimum absolute atomic E-state index is 0.0865. The van der Waals surface area contributed by atoms with Crippen LogP contribution in [0.25, 0.3) is 11.2 Å². The second-order valence-electron chi connectivity index (χ2n) is 10.3. The van der Waals surface area contributed by atoms with Crippen LogP contribution in [0.1, 0.15) is 110 Å². The minimum Gasteiger partial charge on any atom is -0.382 e. The Labute approximate surface area is 235 Å². The fraction of sp³-hybridized carbons (Fsp3) is 0.759. The topological polar surface area (TPSA) is 125 Å². The van der Waals surface area contributed by atoms with E-state index in [0.29, 0.717) is 43.0 Å². The van der Waals surface area contributed by atoms with E-state index in [9.17, 15) is 9.46 Å². The number of imidazole rings is 1. The van der Waals surface area contributed by atoms with Crippen LogP contribution in [0, 0.1) is 0 Å². The number of allylic oxidation sites excluding steroid dienone is 2. The van der Waals surface area contributed by atoms with Gasteiger partial charge in [0.05, 0.1) is 19.1 Å². The average molecular weight is 566 g/mol. The number of nitrogens with two attached hydrogens (primary N) is 1. The van der Waals surface area contributed by atoms with Crippen molar-refractivity contribution in [3.05, 3.63) is 24.8 Å². The highest BCUT2D eigenvalue weighted by atomic mass is 31.2. The van der Waals surface area contributed by atoms with Crippen molar-refractivity contribution in [1.82, 2.24) is 19.5 Å². The van der Waals surface area contributed by atoms with Gasteiger partial charge in [-0.1, -0.05) is 103 Å². The summed E-state index contributed by atoms with van der Waals surface area (Å²) in [6, 6.07) is 0. The molecule has 0 fully saturated rings. The third-order valence-corrected chi connectivity index (χ3v) is 8.25. The molecule has 10 heteroatoms. The molecule has 0 saturated heterocycles. The molecule has 2 aromatic heterocycles. The van der Waals surface area contributed by atoms with Gasteiger partial charge in [-0.15, -0.1) is 0 Å². The molecule has 222 valence electrons. The maximum atomic E-state index is 12.2. The molecule has 0 bridgehead atoms. The number of hydrogen-bond donors (Lipinski definition) is 2. The van der Waals surface area contributed by atoms with Crippen molar-refractivity contribution in [3.8, 4) is 0 Å². The summed E-state index contributed by atoms with van der Waals surface area (Å²) < 4.78 is 24.9. The van der Waals surface area contributed by atoms with E-state index in [2.05, 4.69) is 21.9 Å². The molecule has 0 aliphatic rings. The zero-order chi connectivity index (χ0) is 28.0. The Kier molecular flexibility index (Phi) is 18.0. The standard InChI is InChI=1S/C29H52N5O4P/c1-2-3-4-5-6-7-8-9-10-11-12-13-14-17-21-37-22-19-23-38-39(35,36)24-18-15-16-20-34-26-33-27-28(30)31-25-32-29(27)34/h15-16,25-26H,2-14,17-24H2,1H3,(H,35,36)(H2,30,31,32). The summed E-state index contributed by atoms with van der Waals surface area (Å²) in [6.07, 6.45) is 26.8. The normalized spacial score (nSPS) is 13.5. The number of nitrogen functional groups attached to an aromatic ring is 1. The molecule has 39 heavy (non-hydrogen) atoms. The molecule has 0 aliphatic heterocycles. The molecule has 2 rings (SSSR count). The predicted octanol–water partition coefficient (Wildman–Crippen LogP) is 7.44. The lowest BCUT2D eigenvalue weighted by Crippen LogP contribution is -2.02. The van der Waals surface area contributed by atoms with Gasteiger partial charge in [0.2, 0.25) is 0 Å². The molecule has 0 radical (unpaired) electrons. The summed E-state index contributed by atoms with van der Waals surface area (Å²) in [6.45, 7) is 4.36. The number of ether oxygens (including phenoxy) is 1. The van der Waals surface area contributed by atoms with E-state index in [1.807, 2.05) is 16.7 Å². The smallest absolute Gasteiger partial charge is 0.328 e. The van der Waals surface area contributed by atoms with E-state index in [0.717, 1.165) is 13.0 Å². The first kappa shape index (κ1) is 33.4. The number of rotatable bonds is 25. The summed E-state index contributed by atoms with van der Waals surface area (Å²) in [5.74, 6) is 0.348. The van der Waals surface area contributed by atoms with Gasteiger partial charge in [-0.3, -0.25) is 4.57 Å². The summed E-state index contributed by atoms with van der Waals surface area (Å²) in [4.78, 5) is 22.4. The molecule has 0 aromatic carbocycles. The van der Waals surface area contributed by atoms with E-state index in [-0.39, 0.29) is 12.8 Å². The van der Waals surface area contributed by atoms with Gasteiger partial charge in [0.15, 0.2) is 11.5 Å². The molecule has 2 heterocycles. The average Bonchev–Trinajstić information content (AvgIpc) is 3.34. The highest BCUT2D eigenvalue weighted by Crippen LogP contribution is 2.42. The lowest BCUT2D eigenvalue weighted by molar-refractivity contribution is 0.113. The van der Waals surface area contributed by atoms with E-state index in [1.165, 1.54) is 89.8 Å². The Morgan fingerprint density at radius 3 is 2.13 bits per heavy atom. The van der Waals surface area contributed by atoms with Crippen LogP contribution >= 0.6 is 7.60 Å². The van der Waals surface area contributed by atoms with Crippen LogP contribution in [0.3, 0.4) is 0 Å². The SMILES string of the molecule is CCCCCCCCCCCCCCCCOCCCOP(=O)(O)CCC=CCn1cnc2c(N)ncnc21. The summed E-state index contributed by atoms with van der Waals surface area (Å²) in [5.41, 5.74) is 7.03. The van der Waals surface area contributed by atoms with E-state index < -0.39 is 7.60 Å². The third kappa shape index (κ3) is 15.5. The monoisotopic (exact) mass is 565 g/mol. The third-order valence-electron chi connectivity index (χ3n) is 6.84. The van der Waals surface area contributed by atoms with E-state index >= 15 is 0 Å². The molecule has 3 N–H and O–H groups in total. The van der Waals surface area contributed by atoms with Crippen molar-refractivity contribution in [2.45, 2.75) is 116 Å². The van der Waals surface area contributed by atoms with Gasteiger partial charge in [-0.2, -0.15) is 0 Å². The molecule has 0 saturated carbocycles. The number of nitrogens with zero attached hydrogens (tertiary/aromatic N) is 4. The lowest BCUT2D eigenvalue weighted by Gasteiger charge is -2.11. The number of hydrogen-bond acceptors (Lipinski definition) is 7. The molecule has 0 aliphatic carbocycles. The van der Waals surface area contributed by atoms with Gasteiger partial charge in [-0.25, -0.2) is 15.0 Å². The maximum Gasteiger partial charge on any atom is 0.328 e. The zero-order valence-corrected chi connectivity index (χ0v) is 25.0. The van der Waals surface area contributed by atoms with E-state index in [1.54, 1.807) is 6.33 Å². The second-order valence-corrected chi connectivity index (χ2v) is 12.3. The maximum absolute atomic E-state index is 12.2. The Morgan fingerprint density at radius 2 is 1.46 bits per heavy atom. The molecular formula is C29H52N5O4P. The van der Waals surface area contributed by atoms with Crippen molar-refractivity contribution in [3.63, 3.8) is 0 Å². The summed E-state index contributed by atoms with van der Waals surface area (Å²) in [5, 5.41) is 0. The Hall–Kier alpha value is -1.80. The molecule has 1 unspecified atom stereocenters. The van der Waals surface area contributed by atoms with Crippen molar-refractivity contribution >= 4 is 24.6 Å². The quantitative estimate of drug-likeness (QED) is 0.0722. The molecule has 1 atom stereocenters. The van der Waals surface area contributed by atoms with Crippen LogP contribution in [0.5, 0.6) is 0 Å². The van der Waals surface area contributed by atoms with Gasteiger partial charge < -0.3 is 24.5 Å². The zero-order valence-electron chi connectivity index (χ0n) is 24.1. The first-order valence-electron chi connectivity index (χ1n) is 15.1. The number of unbranched alkanes of at least 4 members (excludes halogenated alkanes) is 13. The van der Waals surface area contributed by atoms with Gasteiger partial charge in [0.25, 0.3) is 0 Å². The Bertz CT molecular complexity index is 968. The molecule has 0 spiro atoms. The van der Waals surface area contributed by atoms with Gasteiger partial charge >= 0.3 is 7.60 Å². The minimum atomic E-state index is -3.59. The summed E-state index contributed by atoms with van der Waals surface area (Å²) in [7, 11) is -3.59. The predicted molar refractivity (Wildman–Crippen MR) is 160 cm³/mol. The van der Waals surface area contributed by atoms with Crippen LogP contribution in [0.15, 0.2) is 24.8 Å². The van der Waals surface area contributed by atoms with Gasteiger partial charge in [0.1, 0.15) is 11.8 Å². The highest BCUT2D eigenvalue weighted by molar-refractivity contribution is 7.52. The Balaban J connectivity index is 1.35. The van der Waals surface area contributed by atoms with Crippen molar-refractivity contribution < 1.29 is 18.7 Å².